The fourth-order valence-corrected chi connectivity index (χ4v) is 3.13. The van der Waals surface area contributed by atoms with Crippen LogP contribution in [0.15, 0.2) is 24.3 Å². The molecule has 100 valence electrons. The van der Waals surface area contributed by atoms with Gasteiger partial charge in [-0.15, -0.1) is 0 Å². The summed E-state index contributed by atoms with van der Waals surface area (Å²) in [5.74, 6) is 0.700. The van der Waals surface area contributed by atoms with E-state index in [0.717, 1.165) is 11.3 Å². The summed E-state index contributed by atoms with van der Waals surface area (Å²) >= 11 is 0. The van der Waals surface area contributed by atoms with Crippen molar-refractivity contribution < 1.29 is 5.11 Å². The lowest BCUT2D eigenvalue weighted by Crippen LogP contribution is -2.36. The van der Waals surface area contributed by atoms with Gasteiger partial charge in [0.2, 0.25) is 0 Å². The van der Waals surface area contributed by atoms with E-state index in [2.05, 4.69) is 32.2 Å². The first-order chi connectivity index (χ1) is 8.50. The number of nitrogens with one attached hydrogen (secondary N) is 1. The Morgan fingerprint density at radius 1 is 1.39 bits per heavy atom. The third kappa shape index (κ3) is 3.26. The van der Waals surface area contributed by atoms with Crippen LogP contribution < -0.4 is 5.32 Å². The molecule has 2 atom stereocenters. The molecule has 1 aromatic carbocycles. The van der Waals surface area contributed by atoms with Crippen molar-refractivity contribution in [3.8, 4) is 0 Å². The molecule has 2 N–H and O–H groups in total. The van der Waals surface area contributed by atoms with E-state index in [1.165, 1.54) is 19.3 Å². The number of benzene rings is 1. The molecule has 0 radical (unpaired) electrons. The molecule has 0 heterocycles. The zero-order valence-electron chi connectivity index (χ0n) is 11.7. The molecule has 0 spiro atoms. The lowest BCUT2D eigenvalue weighted by atomic mass is 9.70. The molecule has 1 aliphatic rings. The van der Waals surface area contributed by atoms with Crippen LogP contribution in [-0.4, -0.2) is 11.1 Å². The van der Waals surface area contributed by atoms with Gasteiger partial charge in [-0.05, 0) is 48.3 Å². The second kappa shape index (κ2) is 5.31. The predicted octanol–water partition coefficient (Wildman–Crippen LogP) is 3.81. The monoisotopic (exact) mass is 247 g/mol. The van der Waals surface area contributed by atoms with Crippen LogP contribution in [-0.2, 0) is 6.61 Å². The molecule has 0 aromatic heterocycles. The number of aliphatic hydroxyl groups excluding tert-OH is 1. The van der Waals surface area contributed by atoms with Gasteiger partial charge in [-0.3, -0.25) is 0 Å². The van der Waals surface area contributed by atoms with Crippen molar-refractivity contribution >= 4 is 5.69 Å². The standard InChI is InChI=1S/C16H25NO/c1-12-10-16(2,3)8-7-15(12)17-14-6-4-5-13(9-14)11-18/h4-6,9,12,15,17-18H,7-8,10-11H2,1-3H3. The van der Waals surface area contributed by atoms with E-state index < -0.39 is 0 Å². The minimum absolute atomic E-state index is 0.114. The quantitative estimate of drug-likeness (QED) is 0.851. The molecule has 1 aliphatic carbocycles. The van der Waals surface area contributed by atoms with Crippen molar-refractivity contribution in [2.45, 2.75) is 52.7 Å². The summed E-state index contributed by atoms with van der Waals surface area (Å²) in [7, 11) is 0. The molecule has 18 heavy (non-hydrogen) atoms. The Morgan fingerprint density at radius 3 is 2.83 bits per heavy atom. The van der Waals surface area contributed by atoms with Crippen LogP contribution in [0.3, 0.4) is 0 Å². The van der Waals surface area contributed by atoms with Gasteiger partial charge in [0.1, 0.15) is 0 Å². The number of hydrogen-bond donors (Lipinski definition) is 2. The van der Waals surface area contributed by atoms with Crippen LogP contribution in [0.2, 0.25) is 0 Å². The number of hydrogen-bond acceptors (Lipinski definition) is 2. The summed E-state index contributed by atoms with van der Waals surface area (Å²) in [5, 5.41) is 12.8. The van der Waals surface area contributed by atoms with Gasteiger partial charge in [0.05, 0.1) is 6.61 Å². The Morgan fingerprint density at radius 2 is 2.17 bits per heavy atom. The number of rotatable bonds is 3. The van der Waals surface area contributed by atoms with Crippen molar-refractivity contribution in [1.82, 2.24) is 0 Å². The van der Waals surface area contributed by atoms with E-state index in [1.54, 1.807) is 0 Å². The summed E-state index contributed by atoms with van der Waals surface area (Å²) in [5.41, 5.74) is 2.60. The zero-order valence-corrected chi connectivity index (χ0v) is 11.7. The Hall–Kier alpha value is -1.02. The van der Waals surface area contributed by atoms with Gasteiger partial charge in [0, 0.05) is 11.7 Å². The van der Waals surface area contributed by atoms with Crippen LogP contribution in [0.1, 0.15) is 45.6 Å². The molecule has 0 amide bonds. The van der Waals surface area contributed by atoms with Crippen LogP contribution >= 0.6 is 0 Å². The average molecular weight is 247 g/mol. The first-order valence-corrected chi connectivity index (χ1v) is 6.96. The highest BCUT2D eigenvalue weighted by molar-refractivity contribution is 5.46. The molecule has 2 nitrogen and oxygen atoms in total. The Balaban J connectivity index is 2.01. The molecule has 0 aliphatic heterocycles. The topological polar surface area (TPSA) is 32.3 Å². The molecule has 1 fully saturated rings. The summed E-state index contributed by atoms with van der Waals surface area (Å²) < 4.78 is 0. The summed E-state index contributed by atoms with van der Waals surface area (Å²) in [6, 6.07) is 8.66. The normalized spacial score (nSPS) is 26.9. The van der Waals surface area contributed by atoms with Gasteiger partial charge in [-0.25, -0.2) is 0 Å². The maximum Gasteiger partial charge on any atom is 0.0682 e. The third-order valence-electron chi connectivity index (χ3n) is 4.16. The van der Waals surface area contributed by atoms with Crippen molar-refractivity contribution in [2.24, 2.45) is 11.3 Å². The van der Waals surface area contributed by atoms with Crippen LogP contribution in [0, 0.1) is 11.3 Å². The fourth-order valence-electron chi connectivity index (χ4n) is 3.13. The highest BCUT2D eigenvalue weighted by Gasteiger charge is 2.32. The summed E-state index contributed by atoms with van der Waals surface area (Å²) in [4.78, 5) is 0. The molecule has 2 heteroatoms. The second-order valence-electron chi connectivity index (χ2n) is 6.49. The van der Waals surface area contributed by atoms with Crippen LogP contribution in [0.25, 0.3) is 0 Å². The highest BCUT2D eigenvalue weighted by atomic mass is 16.3. The number of anilines is 1. The van der Waals surface area contributed by atoms with Gasteiger partial charge in [-0.1, -0.05) is 32.9 Å². The van der Waals surface area contributed by atoms with Gasteiger partial charge >= 0.3 is 0 Å². The van der Waals surface area contributed by atoms with E-state index in [-0.39, 0.29) is 6.61 Å². The average Bonchev–Trinajstić information content (AvgIpc) is 2.32. The molecule has 1 saturated carbocycles. The predicted molar refractivity (Wildman–Crippen MR) is 76.6 cm³/mol. The van der Waals surface area contributed by atoms with Crippen molar-refractivity contribution in [3.05, 3.63) is 29.8 Å². The van der Waals surface area contributed by atoms with E-state index in [0.29, 0.717) is 17.4 Å². The molecule has 2 unspecified atom stereocenters. The third-order valence-corrected chi connectivity index (χ3v) is 4.16. The summed E-state index contributed by atoms with van der Waals surface area (Å²) in [6.07, 6.45) is 3.80. The second-order valence-corrected chi connectivity index (χ2v) is 6.49. The Bertz CT molecular complexity index is 400. The van der Waals surface area contributed by atoms with Gasteiger partial charge in [0.25, 0.3) is 0 Å². The Kier molecular flexibility index (Phi) is 3.96. The molecule has 0 bridgehead atoms. The van der Waals surface area contributed by atoms with Crippen LogP contribution in [0.4, 0.5) is 5.69 Å². The molecule has 1 aromatic rings. The first-order valence-electron chi connectivity index (χ1n) is 6.96. The van der Waals surface area contributed by atoms with Crippen molar-refractivity contribution in [2.75, 3.05) is 5.32 Å². The van der Waals surface area contributed by atoms with Crippen LogP contribution in [0.5, 0.6) is 0 Å². The lowest BCUT2D eigenvalue weighted by molar-refractivity contribution is 0.177. The van der Waals surface area contributed by atoms with Crippen molar-refractivity contribution in [3.63, 3.8) is 0 Å². The van der Waals surface area contributed by atoms with Gasteiger partial charge < -0.3 is 10.4 Å². The van der Waals surface area contributed by atoms with E-state index in [4.69, 9.17) is 5.11 Å². The largest absolute Gasteiger partial charge is 0.392 e. The SMILES string of the molecule is CC1CC(C)(C)CCC1Nc1cccc(CO)c1. The Labute approximate surface area is 110 Å². The van der Waals surface area contributed by atoms with Crippen molar-refractivity contribution in [1.29, 1.82) is 0 Å². The fraction of sp³-hybridized carbons (Fsp3) is 0.625. The molecule has 0 saturated heterocycles. The molecular formula is C16H25NO. The maximum atomic E-state index is 9.16. The van der Waals surface area contributed by atoms with E-state index >= 15 is 0 Å². The smallest absolute Gasteiger partial charge is 0.0682 e. The summed E-state index contributed by atoms with van der Waals surface area (Å²) in [6.45, 7) is 7.19. The molecular weight excluding hydrogens is 222 g/mol. The van der Waals surface area contributed by atoms with Gasteiger partial charge in [0.15, 0.2) is 0 Å². The number of aliphatic hydroxyl groups is 1. The first kappa shape index (κ1) is 13.4. The maximum absolute atomic E-state index is 9.16. The molecule has 2 rings (SSSR count). The minimum atomic E-state index is 0.114. The highest BCUT2D eigenvalue weighted by Crippen LogP contribution is 2.39. The van der Waals surface area contributed by atoms with Gasteiger partial charge in [-0.2, -0.15) is 0 Å². The van der Waals surface area contributed by atoms with E-state index in [9.17, 15) is 0 Å². The zero-order chi connectivity index (χ0) is 13.2. The van der Waals surface area contributed by atoms with E-state index in [1.807, 2.05) is 18.2 Å². The lowest BCUT2D eigenvalue weighted by Gasteiger charge is -2.40. The minimum Gasteiger partial charge on any atom is -0.392 e.